The smallest absolute Gasteiger partial charge is 0.345 e. The molecule has 27 heavy (non-hydrogen) atoms. The van der Waals surface area contributed by atoms with E-state index in [0.717, 1.165) is 4.88 Å². The van der Waals surface area contributed by atoms with E-state index in [1.54, 1.807) is 6.07 Å². The Labute approximate surface area is 168 Å². The number of fused-ring (bicyclic) bond motifs is 1. The van der Waals surface area contributed by atoms with Crippen molar-refractivity contribution in [2.24, 2.45) is 0 Å². The van der Waals surface area contributed by atoms with Crippen LogP contribution in [0.2, 0.25) is 13.1 Å². The fourth-order valence-corrected chi connectivity index (χ4v) is 6.33. The molecule has 1 aromatic carbocycles. The number of carbonyl (C=O) groups is 1. The van der Waals surface area contributed by atoms with Gasteiger partial charge in [0.1, 0.15) is 4.88 Å². The maximum absolute atomic E-state index is 11.2. The van der Waals surface area contributed by atoms with Crippen LogP contribution in [0.1, 0.15) is 71.8 Å². The topological polar surface area (TPSA) is 37.3 Å². The molecule has 1 aliphatic carbocycles. The molecule has 0 radical (unpaired) electrons. The van der Waals surface area contributed by atoms with Gasteiger partial charge >= 0.3 is 5.97 Å². The lowest BCUT2D eigenvalue weighted by molar-refractivity contribution is 0.0702. The van der Waals surface area contributed by atoms with Gasteiger partial charge in [0.05, 0.1) is 8.80 Å². The lowest BCUT2D eigenvalue weighted by Gasteiger charge is -2.42. The lowest BCUT2D eigenvalue weighted by atomic mass is 9.63. The van der Waals surface area contributed by atoms with Gasteiger partial charge in [0.15, 0.2) is 0 Å². The van der Waals surface area contributed by atoms with Gasteiger partial charge < -0.3 is 5.11 Å². The number of hydrogen-bond donors (Lipinski definition) is 1. The van der Waals surface area contributed by atoms with E-state index in [9.17, 15) is 9.90 Å². The van der Waals surface area contributed by atoms with Gasteiger partial charge in [-0.2, -0.15) is 0 Å². The first kappa shape index (κ1) is 20.1. The number of aromatic carboxylic acids is 1. The molecule has 0 spiro atoms. The molecular weight excluding hydrogens is 368 g/mol. The van der Waals surface area contributed by atoms with Crippen molar-refractivity contribution in [3.8, 4) is 0 Å². The maximum Gasteiger partial charge on any atom is 0.345 e. The van der Waals surface area contributed by atoms with E-state index in [-0.39, 0.29) is 10.8 Å². The van der Waals surface area contributed by atoms with Crippen LogP contribution < -0.4 is 0 Å². The molecule has 2 nitrogen and oxygen atoms in total. The molecule has 1 aromatic heterocycles. The lowest BCUT2D eigenvalue weighted by Crippen LogP contribution is -2.34. The molecule has 0 bridgehead atoms. The van der Waals surface area contributed by atoms with Gasteiger partial charge in [0.2, 0.25) is 0 Å². The second kappa shape index (κ2) is 7.06. The van der Waals surface area contributed by atoms with E-state index < -0.39 is 14.8 Å². The first-order valence-electron chi connectivity index (χ1n) is 9.71. The van der Waals surface area contributed by atoms with Crippen LogP contribution in [0.15, 0.2) is 30.3 Å². The Morgan fingerprint density at radius 1 is 1.04 bits per heavy atom. The Hall–Kier alpha value is -1.65. The van der Waals surface area contributed by atoms with Crippen molar-refractivity contribution in [2.45, 2.75) is 64.5 Å². The SMILES string of the molecule is C[SiH](C)C(=Cc1ccc(C(=O)O)s1)c1ccc2c(c1)C(C)(C)CCC2(C)C. The number of carboxylic acid groups (broad SMARTS) is 1. The number of hydrogen-bond acceptors (Lipinski definition) is 2. The van der Waals surface area contributed by atoms with Crippen molar-refractivity contribution in [1.29, 1.82) is 0 Å². The highest BCUT2D eigenvalue weighted by Crippen LogP contribution is 2.46. The van der Waals surface area contributed by atoms with Gasteiger partial charge in [0.25, 0.3) is 0 Å². The van der Waals surface area contributed by atoms with Crippen LogP contribution >= 0.6 is 11.3 Å². The van der Waals surface area contributed by atoms with E-state index in [0.29, 0.717) is 4.88 Å². The first-order chi connectivity index (χ1) is 12.5. The number of rotatable bonds is 4. The normalized spacial score (nSPS) is 18.4. The average molecular weight is 399 g/mol. The molecule has 0 unspecified atom stereocenters. The Bertz CT molecular complexity index is 903. The molecule has 0 saturated heterocycles. The van der Waals surface area contributed by atoms with Crippen molar-refractivity contribution >= 4 is 37.4 Å². The molecular formula is C23H30O2SSi. The number of thiophene rings is 1. The van der Waals surface area contributed by atoms with Crippen molar-refractivity contribution in [2.75, 3.05) is 0 Å². The fraction of sp³-hybridized carbons (Fsp3) is 0.435. The molecule has 1 heterocycles. The Morgan fingerprint density at radius 3 is 2.22 bits per heavy atom. The zero-order chi connectivity index (χ0) is 20.0. The summed E-state index contributed by atoms with van der Waals surface area (Å²) in [5, 5.41) is 10.6. The van der Waals surface area contributed by atoms with E-state index in [1.807, 2.05) is 6.07 Å². The third-order valence-corrected chi connectivity index (χ3v) is 8.71. The van der Waals surface area contributed by atoms with Gasteiger partial charge in [-0.25, -0.2) is 4.79 Å². The van der Waals surface area contributed by atoms with Crippen LogP contribution in [0.5, 0.6) is 0 Å². The van der Waals surface area contributed by atoms with Crippen LogP contribution in [0.25, 0.3) is 11.3 Å². The first-order valence-corrected chi connectivity index (χ1v) is 13.4. The van der Waals surface area contributed by atoms with Crippen LogP contribution in [0.4, 0.5) is 0 Å². The molecule has 0 saturated carbocycles. The molecule has 0 aliphatic heterocycles. The van der Waals surface area contributed by atoms with Crippen LogP contribution in [-0.2, 0) is 10.8 Å². The quantitative estimate of drug-likeness (QED) is 0.608. The number of benzene rings is 1. The summed E-state index contributed by atoms with van der Waals surface area (Å²) in [6.07, 6.45) is 4.65. The third-order valence-electron chi connectivity index (χ3n) is 5.94. The molecule has 3 rings (SSSR count). The summed E-state index contributed by atoms with van der Waals surface area (Å²) < 4.78 is 0. The largest absolute Gasteiger partial charge is 0.477 e. The molecule has 2 aromatic rings. The molecule has 0 fully saturated rings. The zero-order valence-corrected chi connectivity index (χ0v) is 19.2. The van der Waals surface area contributed by atoms with Crippen LogP contribution in [-0.4, -0.2) is 19.9 Å². The molecule has 1 N–H and O–H groups in total. The zero-order valence-electron chi connectivity index (χ0n) is 17.2. The summed E-state index contributed by atoms with van der Waals surface area (Å²) >= 11 is 1.36. The summed E-state index contributed by atoms with van der Waals surface area (Å²) in [7, 11) is -1.09. The van der Waals surface area contributed by atoms with Gasteiger partial charge in [-0.3, -0.25) is 0 Å². The predicted octanol–water partition coefficient (Wildman–Crippen LogP) is 6.36. The minimum absolute atomic E-state index is 0.198. The summed E-state index contributed by atoms with van der Waals surface area (Å²) in [6, 6.07) is 10.7. The Balaban J connectivity index is 2.09. The minimum Gasteiger partial charge on any atom is -0.477 e. The average Bonchev–Trinajstić information content (AvgIpc) is 3.05. The van der Waals surface area contributed by atoms with Gasteiger partial charge in [0, 0.05) is 4.88 Å². The Kier molecular flexibility index (Phi) is 5.26. The standard InChI is InChI=1S/C23H30O2SSi/c1-22(2)11-12-23(3,4)18-13-15(7-9-17(18)22)20(27(5)6)14-16-8-10-19(26-16)21(24)25/h7-10,13-14,27H,11-12H2,1-6H3,(H,24,25). The van der Waals surface area contributed by atoms with Crippen molar-refractivity contribution < 1.29 is 9.90 Å². The summed E-state index contributed by atoms with van der Waals surface area (Å²) in [5.41, 5.74) is 4.70. The van der Waals surface area contributed by atoms with Crippen LogP contribution in [0.3, 0.4) is 0 Å². The van der Waals surface area contributed by atoms with Crippen LogP contribution in [0, 0.1) is 0 Å². The second-order valence-corrected chi connectivity index (χ2v) is 13.3. The third kappa shape index (κ3) is 3.97. The molecule has 0 atom stereocenters. The van der Waals surface area contributed by atoms with Crippen molar-refractivity contribution in [1.82, 2.24) is 0 Å². The summed E-state index contributed by atoms with van der Waals surface area (Å²) in [6.45, 7) is 14.1. The van der Waals surface area contributed by atoms with Gasteiger partial charge in [-0.1, -0.05) is 64.2 Å². The van der Waals surface area contributed by atoms with Crippen molar-refractivity contribution in [3.63, 3.8) is 0 Å². The predicted molar refractivity (Wildman–Crippen MR) is 120 cm³/mol. The maximum atomic E-state index is 11.2. The van der Waals surface area contributed by atoms with Gasteiger partial charge in [-0.15, -0.1) is 11.3 Å². The van der Waals surface area contributed by atoms with Gasteiger partial charge in [-0.05, 0) is 58.6 Å². The fourth-order valence-electron chi connectivity index (χ4n) is 4.05. The van der Waals surface area contributed by atoms with E-state index in [4.69, 9.17) is 0 Å². The highest BCUT2D eigenvalue weighted by molar-refractivity contribution is 7.15. The summed E-state index contributed by atoms with van der Waals surface area (Å²) in [4.78, 5) is 12.6. The second-order valence-electron chi connectivity index (χ2n) is 9.29. The highest BCUT2D eigenvalue weighted by atomic mass is 32.1. The monoisotopic (exact) mass is 398 g/mol. The van der Waals surface area contributed by atoms with E-state index >= 15 is 0 Å². The number of carboxylic acids is 1. The highest BCUT2D eigenvalue weighted by Gasteiger charge is 2.37. The van der Waals surface area contributed by atoms with Crippen molar-refractivity contribution in [3.05, 3.63) is 56.8 Å². The molecule has 0 amide bonds. The minimum atomic E-state index is -1.09. The Morgan fingerprint density at radius 2 is 1.67 bits per heavy atom. The molecule has 1 aliphatic rings. The molecule has 144 valence electrons. The summed E-state index contributed by atoms with van der Waals surface area (Å²) in [5.74, 6) is -0.847. The molecule has 4 heteroatoms. The van der Waals surface area contributed by atoms with E-state index in [2.05, 4.69) is 65.1 Å². The van der Waals surface area contributed by atoms with E-state index in [1.165, 1.54) is 46.1 Å².